The molecule has 256 valence electrons. The Hall–Kier alpha value is -4.58. The predicted molar refractivity (Wildman–Crippen MR) is 182 cm³/mol. The van der Waals surface area contributed by atoms with Gasteiger partial charge in [-0.1, -0.05) is 41.4 Å². The Morgan fingerprint density at radius 2 is 1.78 bits per heavy atom. The number of carboxylic acid groups (broad SMARTS) is 1. The van der Waals surface area contributed by atoms with E-state index in [-0.39, 0.29) is 34.7 Å². The molecule has 11 nitrogen and oxygen atoms in total. The van der Waals surface area contributed by atoms with Crippen molar-refractivity contribution in [1.29, 1.82) is 0 Å². The highest BCUT2D eigenvalue weighted by Crippen LogP contribution is 2.39. The number of piperidine rings is 3. The van der Waals surface area contributed by atoms with Crippen molar-refractivity contribution in [1.82, 2.24) is 9.88 Å². The van der Waals surface area contributed by atoms with Crippen molar-refractivity contribution in [2.24, 2.45) is 5.92 Å². The number of carbonyl (C=O) groups excluding carboxylic acids is 1. The van der Waals surface area contributed by atoms with E-state index in [1.807, 2.05) is 6.07 Å². The Kier molecular flexibility index (Phi) is 10.4. The molecule has 3 fully saturated rings. The highest BCUT2D eigenvalue weighted by atomic mass is 35.5. The lowest BCUT2D eigenvalue weighted by atomic mass is 9.82. The summed E-state index contributed by atoms with van der Waals surface area (Å²) in [6, 6.07) is 13.9. The molecule has 1 amide bonds. The minimum absolute atomic E-state index is 0.0618. The molecular weight excluding hydrogens is 671 g/mol. The molecular formula is C36H37Cl2N4O7+. The number of hydrogen-bond acceptors (Lipinski definition) is 8. The highest BCUT2D eigenvalue weighted by molar-refractivity contribution is 6.35. The van der Waals surface area contributed by atoms with Crippen LogP contribution in [0.2, 0.25) is 10.0 Å². The molecule has 2 atom stereocenters. The maximum Gasteiger partial charge on any atom is 0.414 e. The lowest BCUT2D eigenvalue weighted by Crippen LogP contribution is -2.53. The van der Waals surface area contributed by atoms with E-state index in [4.69, 9.17) is 37.4 Å². The summed E-state index contributed by atoms with van der Waals surface area (Å²) < 4.78 is 17.9. The summed E-state index contributed by atoms with van der Waals surface area (Å²) in [6.07, 6.45) is 7.33. The standard InChI is InChI=1S/C36H36Cl2N4O7/c1-47-32-8-6-24(15-33(32)48-2)27(16-29-30(37)19-41(46)20-31(29)38)28-14-22(5-7-26(28)35(43)44)18-42(25-4-3-11-39-17-25)36(45)49-34-21-40-12-9-23(34)10-13-40/h3-8,11,14-15,17,19-20,23,27,34H,9-10,12-13,16,18,21H2,1-2H3,(H-,43,44,46)/p+1/t27-,34-/m0/s1. The van der Waals surface area contributed by atoms with Crippen LogP contribution in [0.25, 0.3) is 0 Å². The van der Waals surface area contributed by atoms with Crippen molar-refractivity contribution in [2.45, 2.75) is 37.8 Å². The van der Waals surface area contributed by atoms with Gasteiger partial charge >= 0.3 is 12.1 Å². The second kappa shape index (κ2) is 14.9. The first kappa shape index (κ1) is 34.3. The first-order valence-electron chi connectivity index (χ1n) is 15.9. The average molecular weight is 709 g/mol. The monoisotopic (exact) mass is 707 g/mol. The summed E-state index contributed by atoms with van der Waals surface area (Å²) in [5.41, 5.74) is 2.95. The molecule has 0 unspecified atom stereocenters. The summed E-state index contributed by atoms with van der Waals surface area (Å²) in [5, 5.41) is 20.8. The molecule has 2 aromatic carbocycles. The van der Waals surface area contributed by atoms with Crippen LogP contribution < -0.4 is 19.1 Å². The Labute approximate surface area is 294 Å². The van der Waals surface area contributed by atoms with Gasteiger partial charge in [-0.2, -0.15) is 0 Å². The van der Waals surface area contributed by atoms with Gasteiger partial charge in [0.2, 0.25) is 12.4 Å². The molecule has 49 heavy (non-hydrogen) atoms. The van der Waals surface area contributed by atoms with E-state index in [2.05, 4.69) is 9.88 Å². The van der Waals surface area contributed by atoms with Crippen molar-refractivity contribution >= 4 is 41.0 Å². The van der Waals surface area contributed by atoms with Crippen molar-refractivity contribution in [2.75, 3.05) is 38.8 Å². The summed E-state index contributed by atoms with van der Waals surface area (Å²) in [7, 11) is 3.05. The number of fused-ring (bicyclic) bond motifs is 3. The second-order valence-corrected chi connectivity index (χ2v) is 13.1. The Morgan fingerprint density at radius 1 is 1.04 bits per heavy atom. The van der Waals surface area contributed by atoms with Crippen LogP contribution in [0, 0.1) is 5.92 Å². The number of rotatable bonds is 11. The van der Waals surface area contributed by atoms with E-state index in [9.17, 15) is 19.9 Å². The summed E-state index contributed by atoms with van der Waals surface area (Å²) in [6.45, 7) is 2.84. The van der Waals surface area contributed by atoms with Gasteiger partial charge in [-0.05, 0) is 85.3 Å². The maximum absolute atomic E-state index is 13.9. The topological polar surface area (TPSA) is 126 Å². The fraction of sp³-hybridized carbons (Fsp3) is 0.333. The van der Waals surface area contributed by atoms with Gasteiger partial charge < -0.3 is 19.3 Å². The molecule has 2 N–H and O–H groups in total. The van der Waals surface area contributed by atoms with E-state index in [0.29, 0.717) is 51.9 Å². The summed E-state index contributed by atoms with van der Waals surface area (Å²) in [4.78, 5) is 34.7. The van der Waals surface area contributed by atoms with Gasteiger partial charge in [0.25, 0.3) is 0 Å². The number of halogens is 2. The lowest BCUT2D eigenvalue weighted by Gasteiger charge is -2.44. The van der Waals surface area contributed by atoms with Crippen LogP contribution >= 0.6 is 23.2 Å². The molecule has 0 radical (unpaired) electrons. The smallest absolute Gasteiger partial charge is 0.414 e. The maximum atomic E-state index is 13.9. The molecule has 3 aliphatic heterocycles. The van der Waals surface area contributed by atoms with Crippen LogP contribution in [0.15, 0.2) is 73.3 Å². The Balaban J connectivity index is 1.41. The number of pyridine rings is 2. The molecule has 2 aromatic heterocycles. The minimum Gasteiger partial charge on any atom is -0.493 e. The van der Waals surface area contributed by atoms with Crippen LogP contribution in [0.3, 0.4) is 0 Å². The molecule has 4 aromatic rings. The Morgan fingerprint density at radius 3 is 2.39 bits per heavy atom. The third-order valence-electron chi connectivity index (χ3n) is 9.37. The quantitative estimate of drug-likeness (QED) is 0.138. The molecule has 3 saturated heterocycles. The fourth-order valence-corrected chi connectivity index (χ4v) is 7.41. The minimum atomic E-state index is -1.13. The zero-order chi connectivity index (χ0) is 34.7. The van der Waals surface area contributed by atoms with Gasteiger partial charge in [-0.25, -0.2) is 9.59 Å². The van der Waals surface area contributed by atoms with Gasteiger partial charge in [-0.3, -0.25) is 20.0 Å². The van der Waals surface area contributed by atoms with Crippen LogP contribution in [0.5, 0.6) is 11.5 Å². The molecule has 3 aliphatic rings. The van der Waals surface area contributed by atoms with Gasteiger partial charge in [0.05, 0.1) is 38.2 Å². The van der Waals surface area contributed by atoms with Crippen LogP contribution in [-0.2, 0) is 17.7 Å². The number of methoxy groups -OCH3 is 2. The van der Waals surface area contributed by atoms with Crippen molar-refractivity contribution in [3.05, 3.63) is 111 Å². The number of aromatic carboxylic acids is 1. The number of aromatic nitrogens is 2. The number of carbonyl (C=O) groups is 2. The van der Waals surface area contributed by atoms with E-state index >= 15 is 0 Å². The molecule has 13 heteroatoms. The molecule has 2 bridgehead atoms. The SMILES string of the molecule is COc1ccc([C@H](Cc2c(Cl)c[n+](O)cc2Cl)c2cc(CN(C(=O)O[C@H]3CN4CCC3CC4)c3cccnc3)ccc2C(=O)O)cc1OC. The van der Waals surface area contributed by atoms with E-state index in [1.54, 1.807) is 48.8 Å². The number of benzene rings is 2. The number of anilines is 1. The number of ether oxygens (including phenoxy) is 3. The normalized spacial score (nSPS) is 18.8. The molecule has 0 saturated carbocycles. The lowest BCUT2D eigenvalue weighted by molar-refractivity contribution is -0.904. The van der Waals surface area contributed by atoms with E-state index in [1.165, 1.54) is 37.6 Å². The Bertz CT molecular complexity index is 1810. The van der Waals surface area contributed by atoms with Crippen LogP contribution in [0.4, 0.5) is 10.5 Å². The van der Waals surface area contributed by atoms with Gasteiger partial charge in [-0.15, -0.1) is 0 Å². The van der Waals surface area contributed by atoms with Gasteiger partial charge in [0.1, 0.15) is 16.1 Å². The predicted octanol–water partition coefficient (Wildman–Crippen LogP) is 6.24. The number of amides is 1. The highest BCUT2D eigenvalue weighted by Gasteiger charge is 2.37. The number of nitrogens with zero attached hydrogens (tertiary/aromatic N) is 4. The van der Waals surface area contributed by atoms with Gasteiger partial charge in [0.15, 0.2) is 11.5 Å². The van der Waals surface area contributed by atoms with Crippen LogP contribution in [0.1, 0.15) is 51.4 Å². The van der Waals surface area contributed by atoms with Gasteiger partial charge in [0, 0.05) is 29.0 Å². The third-order valence-corrected chi connectivity index (χ3v) is 10.0. The molecule has 0 aliphatic carbocycles. The van der Waals surface area contributed by atoms with Crippen molar-refractivity contribution < 1.29 is 38.8 Å². The first-order valence-corrected chi connectivity index (χ1v) is 16.7. The summed E-state index contributed by atoms with van der Waals surface area (Å²) >= 11 is 13.2. The third kappa shape index (κ3) is 7.54. The van der Waals surface area contributed by atoms with E-state index < -0.39 is 18.0 Å². The van der Waals surface area contributed by atoms with Crippen molar-refractivity contribution in [3.8, 4) is 11.5 Å². The number of hydrogen-bond donors (Lipinski definition) is 2. The largest absolute Gasteiger partial charge is 0.493 e. The number of carboxylic acids is 1. The second-order valence-electron chi connectivity index (χ2n) is 12.3. The molecule has 0 spiro atoms. The van der Waals surface area contributed by atoms with E-state index in [0.717, 1.165) is 30.7 Å². The van der Waals surface area contributed by atoms with Crippen LogP contribution in [-0.4, -0.2) is 72.2 Å². The first-order chi connectivity index (χ1) is 23.6. The zero-order valence-electron chi connectivity index (χ0n) is 27.1. The van der Waals surface area contributed by atoms with Crippen molar-refractivity contribution in [3.63, 3.8) is 0 Å². The molecule has 5 heterocycles. The molecule has 7 rings (SSSR count). The average Bonchev–Trinajstić information content (AvgIpc) is 3.10. The fourth-order valence-electron chi connectivity index (χ4n) is 6.80. The zero-order valence-corrected chi connectivity index (χ0v) is 28.6. The summed E-state index contributed by atoms with van der Waals surface area (Å²) in [5.74, 6) is -0.458.